The highest BCUT2D eigenvalue weighted by Crippen LogP contribution is 2.11. The molecule has 116 valence electrons. The van der Waals surface area contributed by atoms with Crippen LogP contribution in [-0.4, -0.2) is 28.9 Å². The number of hydrogen-bond acceptors (Lipinski definition) is 3. The molecule has 0 heterocycles. The molecule has 0 aliphatic rings. The Hall–Kier alpha value is -1.81. The number of hydrogen-bond donors (Lipinski definition) is 2. The van der Waals surface area contributed by atoms with Gasteiger partial charge in [0.25, 0.3) is 0 Å². The molecule has 0 radical (unpaired) electrons. The van der Waals surface area contributed by atoms with Gasteiger partial charge < -0.3 is 15.2 Å². The quantitative estimate of drug-likeness (QED) is 0.792. The van der Waals surface area contributed by atoms with Gasteiger partial charge in [0.2, 0.25) is 0 Å². The minimum Gasteiger partial charge on any atom is -0.444 e. The second kappa shape index (κ2) is 7.84. The largest absolute Gasteiger partial charge is 0.444 e. The maximum Gasteiger partial charge on any atom is 0.407 e. The van der Waals surface area contributed by atoms with E-state index in [0.717, 1.165) is 5.56 Å². The summed E-state index contributed by atoms with van der Waals surface area (Å²) in [6, 6.07) is 9.30. The molecule has 1 amide bonds. The van der Waals surface area contributed by atoms with Crippen LogP contribution in [0.1, 0.15) is 32.8 Å². The van der Waals surface area contributed by atoms with E-state index in [1.807, 2.05) is 30.3 Å². The maximum atomic E-state index is 11.9. The lowest BCUT2D eigenvalue weighted by molar-refractivity contribution is 0.0425. The van der Waals surface area contributed by atoms with Crippen molar-refractivity contribution in [3.05, 3.63) is 48.6 Å². The van der Waals surface area contributed by atoms with E-state index >= 15 is 0 Å². The van der Waals surface area contributed by atoms with Gasteiger partial charge in [-0.25, -0.2) is 4.79 Å². The number of benzene rings is 1. The molecule has 4 nitrogen and oxygen atoms in total. The van der Waals surface area contributed by atoms with Crippen LogP contribution >= 0.6 is 0 Å². The first-order valence-corrected chi connectivity index (χ1v) is 7.14. The summed E-state index contributed by atoms with van der Waals surface area (Å²) in [4.78, 5) is 11.9. The van der Waals surface area contributed by atoms with Crippen molar-refractivity contribution in [2.75, 3.05) is 0 Å². The molecule has 4 heteroatoms. The molecule has 0 aliphatic carbocycles. The minimum absolute atomic E-state index is 0.410. The van der Waals surface area contributed by atoms with Crippen LogP contribution in [0.5, 0.6) is 0 Å². The Kier molecular flexibility index (Phi) is 6.43. The fraction of sp³-hybridized carbons (Fsp3) is 0.471. The summed E-state index contributed by atoms with van der Waals surface area (Å²) >= 11 is 0. The molecular formula is C17H25NO3. The van der Waals surface area contributed by atoms with Gasteiger partial charge in [0.05, 0.1) is 12.1 Å². The average molecular weight is 291 g/mol. The third-order valence-corrected chi connectivity index (χ3v) is 2.87. The number of aliphatic hydroxyl groups excluding tert-OH is 1. The van der Waals surface area contributed by atoms with Gasteiger partial charge in [-0.2, -0.15) is 0 Å². The van der Waals surface area contributed by atoms with Gasteiger partial charge in [-0.05, 0) is 39.2 Å². The Bertz CT molecular complexity index is 451. The molecule has 0 aromatic heterocycles. The van der Waals surface area contributed by atoms with Crippen LogP contribution in [-0.2, 0) is 11.2 Å². The van der Waals surface area contributed by atoms with Crippen molar-refractivity contribution < 1.29 is 14.6 Å². The Balaban J connectivity index is 2.73. The smallest absolute Gasteiger partial charge is 0.407 e. The SMILES string of the molecule is C=CC[C@@H](O)[C@H](Cc1ccccc1)NC(=O)OC(C)(C)C. The van der Waals surface area contributed by atoms with E-state index in [9.17, 15) is 9.90 Å². The zero-order valence-corrected chi connectivity index (χ0v) is 13.0. The van der Waals surface area contributed by atoms with Crippen molar-refractivity contribution in [2.24, 2.45) is 0 Å². The molecule has 1 aromatic carbocycles. The molecule has 0 unspecified atom stereocenters. The zero-order valence-electron chi connectivity index (χ0n) is 13.0. The third-order valence-electron chi connectivity index (χ3n) is 2.87. The number of amides is 1. The first kappa shape index (κ1) is 17.2. The van der Waals surface area contributed by atoms with Crippen LogP contribution in [0.3, 0.4) is 0 Å². The van der Waals surface area contributed by atoms with Crippen LogP contribution in [0.15, 0.2) is 43.0 Å². The van der Waals surface area contributed by atoms with E-state index in [1.165, 1.54) is 0 Å². The van der Waals surface area contributed by atoms with Crippen molar-refractivity contribution in [2.45, 2.75) is 51.4 Å². The first-order chi connectivity index (χ1) is 9.81. The van der Waals surface area contributed by atoms with Crippen LogP contribution in [0.4, 0.5) is 4.79 Å². The van der Waals surface area contributed by atoms with Crippen molar-refractivity contribution in [1.29, 1.82) is 0 Å². The number of aliphatic hydroxyl groups is 1. The van der Waals surface area contributed by atoms with Crippen LogP contribution in [0, 0.1) is 0 Å². The summed E-state index contributed by atoms with van der Waals surface area (Å²) in [6.45, 7) is 9.04. The number of alkyl carbamates (subject to hydrolysis) is 1. The Labute approximate surface area is 126 Å². The van der Waals surface area contributed by atoms with E-state index in [2.05, 4.69) is 11.9 Å². The Morgan fingerprint density at radius 3 is 2.52 bits per heavy atom. The third kappa shape index (κ3) is 6.95. The summed E-state index contributed by atoms with van der Waals surface area (Å²) < 4.78 is 5.25. The fourth-order valence-electron chi connectivity index (χ4n) is 1.95. The van der Waals surface area contributed by atoms with E-state index in [0.29, 0.717) is 12.8 Å². The Morgan fingerprint density at radius 1 is 1.38 bits per heavy atom. The number of rotatable bonds is 6. The van der Waals surface area contributed by atoms with Gasteiger partial charge >= 0.3 is 6.09 Å². The molecular weight excluding hydrogens is 266 g/mol. The monoisotopic (exact) mass is 291 g/mol. The molecule has 1 rings (SSSR count). The number of ether oxygens (including phenoxy) is 1. The molecule has 0 bridgehead atoms. The highest BCUT2D eigenvalue weighted by molar-refractivity contribution is 5.68. The lowest BCUT2D eigenvalue weighted by Gasteiger charge is -2.26. The van der Waals surface area contributed by atoms with E-state index in [1.54, 1.807) is 26.8 Å². The van der Waals surface area contributed by atoms with E-state index in [-0.39, 0.29) is 0 Å². The highest BCUT2D eigenvalue weighted by Gasteiger charge is 2.24. The van der Waals surface area contributed by atoms with Crippen LogP contribution < -0.4 is 5.32 Å². The standard InChI is InChI=1S/C17H25NO3/c1-5-9-15(19)14(12-13-10-7-6-8-11-13)18-16(20)21-17(2,3)4/h5-8,10-11,14-15,19H,1,9,12H2,2-4H3,(H,18,20)/t14-,15+/m0/s1. The van der Waals surface area contributed by atoms with Gasteiger partial charge in [-0.15, -0.1) is 6.58 Å². The molecule has 0 spiro atoms. The Morgan fingerprint density at radius 2 is 2.00 bits per heavy atom. The van der Waals surface area contributed by atoms with Gasteiger partial charge in [0.15, 0.2) is 0 Å². The van der Waals surface area contributed by atoms with Crippen molar-refractivity contribution in [3.63, 3.8) is 0 Å². The van der Waals surface area contributed by atoms with Gasteiger partial charge in [0, 0.05) is 0 Å². The van der Waals surface area contributed by atoms with Crippen LogP contribution in [0.2, 0.25) is 0 Å². The number of carbonyl (C=O) groups is 1. The molecule has 1 aromatic rings. The summed E-state index contributed by atoms with van der Waals surface area (Å²) in [5.74, 6) is 0. The topological polar surface area (TPSA) is 58.6 Å². The predicted molar refractivity (Wildman–Crippen MR) is 84.1 cm³/mol. The normalized spacial score (nSPS) is 14.1. The molecule has 0 saturated carbocycles. The molecule has 0 saturated heterocycles. The average Bonchev–Trinajstić information content (AvgIpc) is 2.37. The van der Waals surface area contributed by atoms with Gasteiger partial charge in [0.1, 0.15) is 5.60 Å². The molecule has 0 fully saturated rings. The van der Waals surface area contributed by atoms with Gasteiger partial charge in [-0.3, -0.25) is 0 Å². The lowest BCUT2D eigenvalue weighted by atomic mass is 9.99. The fourth-order valence-corrected chi connectivity index (χ4v) is 1.95. The summed E-state index contributed by atoms with van der Waals surface area (Å²) in [5.41, 5.74) is 0.479. The highest BCUT2D eigenvalue weighted by atomic mass is 16.6. The number of nitrogens with one attached hydrogen (secondary N) is 1. The zero-order chi connectivity index (χ0) is 15.9. The van der Waals surface area contributed by atoms with Gasteiger partial charge in [-0.1, -0.05) is 36.4 Å². The molecule has 2 atom stereocenters. The summed E-state index contributed by atoms with van der Waals surface area (Å²) in [6.07, 6.45) is 1.36. The lowest BCUT2D eigenvalue weighted by Crippen LogP contribution is -2.46. The van der Waals surface area contributed by atoms with Crippen molar-refractivity contribution in [3.8, 4) is 0 Å². The van der Waals surface area contributed by atoms with Crippen LogP contribution in [0.25, 0.3) is 0 Å². The van der Waals surface area contributed by atoms with Crippen molar-refractivity contribution in [1.82, 2.24) is 5.32 Å². The van der Waals surface area contributed by atoms with E-state index < -0.39 is 23.8 Å². The summed E-state index contributed by atoms with van der Waals surface area (Å²) in [7, 11) is 0. The first-order valence-electron chi connectivity index (χ1n) is 7.14. The molecule has 2 N–H and O–H groups in total. The molecule has 21 heavy (non-hydrogen) atoms. The molecule has 0 aliphatic heterocycles. The second-order valence-corrected chi connectivity index (χ2v) is 6.03. The predicted octanol–water partition coefficient (Wildman–Crippen LogP) is 3.06. The van der Waals surface area contributed by atoms with E-state index in [4.69, 9.17) is 4.74 Å². The second-order valence-electron chi connectivity index (χ2n) is 6.03. The maximum absolute atomic E-state index is 11.9. The number of carbonyl (C=O) groups excluding carboxylic acids is 1. The minimum atomic E-state index is -0.699. The summed E-state index contributed by atoms with van der Waals surface area (Å²) in [5, 5.41) is 12.9. The van der Waals surface area contributed by atoms with Crippen molar-refractivity contribution >= 4 is 6.09 Å².